The molecule has 0 radical (unpaired) electrons. The van der Waals surface area contributed by atoms with Gasteiger partial charge in [-0.05, 0) is 29.8 Å². The van der Waals surface area contributed by atoms with E-state index in [1.54, 1.807) is 24.9 Å². The lowest BCUT2D eigenvalue weighted by Gasteiger charge is -2.20. The van der Waals surface area contributed by atoms with Crippen LogP contribution in [0.4, 0.5) is 5.69 Å². The van der Waals surface area contributed by atoms with E-state index in [1.807, 2.05) is 42.5 Å². The van der Waals surface area contributed by atoms with Gasteiger partial charge in [0.2, 0.25) is 5.91 Å². The van der Waals surface area contributed by atoms with Gasteiger partial charge < -0.3 is 14.7 Å². The Morgan fingerprint density at radius 2 is 1.96 bits per heavy atom. The highest BCUT2D eigenvalue weighted by Gasteiger charge is 2.30. The molecule has 0 aromatic heterocycles. The average Bonchev–Trinajstić information content (AvgIpc) is 2.72. The molecule has 124 valence electrons. The number of methoxy groups -OCH3 is 1. The van der Waals surface area contributed by atoms with E-state index in [-0.39, 0.29) is 24.1 Å². The second-order valence-corrected chi connectivity index (χ2v) is 6.67. The molecule has 1 unspecified atom stereocenters. The van der Waals surface area contributed by atoms with E-state index in [1.165, 1.54) is 4.90 Å². The number of ether oxygens (including phenoxy) is 1. The van der Waals surface area contributed by atoms with Crippen molar-refractivity contribution < 1.29 is 19.4 Å². The predicted molar refractivity (Wildman–Crippen MR) is 92.6 cm³/mol. The summed E-state index contributed by atoms with van der Waals surface area (Å²) in [4.78, 5) is 26.0. The van der Waals surface area contributed by atoms with Gasteiger partial charge in [-0.2, -0.15) is 0 Å². The molecule has 0 saturated heterocycles. The van der Waals surface area contributed by atoms with Crippen LogP contribution in [0.3, 0.4) is 0 Å². The zero-order valence-corrected chi connectivity index (χ0v) is 14.0. The van der Waals surface area contributed by atoms with Gasteiger partial charge in [0.15, 0.2) is 0 Å². The third-order valence-corrected chi connectivity index (χ3v) is 5.19. The van der Waals surface area contributed by atoms with Crippen LogP contribution in [0.15, 0.2) is 53.4 Å². The van der Waals surface area contributed by atoms with Crippen molar-refractivity contribution in [2.75, 3.05) is 18.6 Å². The van der Waals surface area contributed by atoms with Crippen molar-refractivity contribution >= 4 is 29.3 Å². The summed E-state index contributed by atoms with van der Waals surface area (Å²) in [7, 11) is 1.61. The highest BCUT2D eigenvalue weighted by atomic mass is 32.2. The number of carboxylic acid groups (broad SMARTS) is 1. The van der Waals surface area contributed by atoms with Crippen molar-refractivity contribution in [2.24, 2.45) is 0 Å². The van der Waals surface area contributed by atoms with E-state index in [0.29, 0.717) is 5.69 Å². The van der Waals surface area contributed by atoms with Gasteiger partial charge in [0, 0.05) is 16.6 Å². The van der Waals surface area contributed by atoms with Gasteiger partial charge in [0.25, 0.3) is 0 Å². The van der Waals surface area contributed by atoms with Gasteiger partial charge in [0.05, 0.1) is 12.8 Å². The Morgan fingerprint density at radius 1 is 1.25 bits per heavy atom. The average molecular weight is 343 g/mol. The van der Waals surface area contributed by atoms with Crippen LogP contribution in [0.25, 0.3) is 0 Å². The molecule has 0 fully saturated rings. The normalized spacial score (nSPS) is 17.1. The summed E-state index contributed by atoms with van der Waals surface area (Å²) in [6.07, 6.45) is 0.249. The number of para-hydroxylation sites is 1. The number of benzene rings is 2. The Morgan fingerprint density at radius 3 is 2.62 bits per heavy atom. The molecule has 1 aliphatic rings. The Kier molecular flexibility index (Phi) is 4.76. The summed E-state index contributed by atoms with van der Waals surface area (Å²) >= 11 is 1.58. The van der Waals surface area contributed by atoms with Crippen LogP contribution >= 0.6 is 11.8 Å². The van der Waals surface area contributed by atoms with E-state index in [4.69, 9.17) is 9.84 Å². The molecular weight excluding hydrogens is 326 g/mol. The van der Waals surface area contributed by atoms with Crippen LogP contribution in [0.5, 0.6) is 5.75 Å². The smallest absolute Gasteiger partial charge is 0.323 e. The first-order valence-electron chi connectivity index (χ1n) is 7.50. The van der Waals surface area contributed by atoms with Crippen molar-refractivity contribution in [1.29, 1.82) is 0 Å². The summed E-state index contributed by atoms with van der Waals surface area (Å²) < 4.78 is 5.17. The lowest BCUT2D eigenvalue weighted by molar-refractivity contribution is -0.136. The van der Waals surface area contributed by atoms with E-state index in [0.717, 1.165) is 16.2 Å². The fraction of sp³-hybridized carbons (Fsp3) is 0.222. The van der Waals surface area contributed by atoms with E-state index in [9.17, 15) is 9.59 Å². The van der Waals surface area contributed by atoms with Crippen LogP contribution in [-0.4, -0.2) is 30.6 Å². The zero-order chi connectivity index (χ0) is 17.1. The number of rotatable bonds is 4. The molecular formula is C18H17NO4S. The molecule has 2 aromatic carbocycles. The lowest BCUT2D eigenvalue weighted by atomic mass is 10.1. The molecule has 0 aliphatic carbocycles. The fourth-order valence-corrected chi connectivity index (χ4v) is 3.97. The lowest BCUT2D eigenvalue weighted by Crippen LogP contribution is -2.35. The number of anilines is 1. The maximum atomic E-state index is 12.6. The van der Waals surface area contributed by atoms with E-state index < -0.39 is 5.97 Å². The Hall–Kier alpha value is -2.47. The second kappa shape index (κ2) is 6.97. The van der Waals surface area contributed by atoms with Crippen molar-refractivity contribution in [1.82, 2.24) is 0 Å². The molecule has 2 aromatic rings. The van der Waals surface area contributed by atoms with Crippen molar-refractivity contribution in [3.8, 4) is 5.75 Å². The third-order valence-electron chi connectivity index (χ3n) is 3.87. The molecule has 24 heavy (non-hydrogen) atoms. The van der Waals surface area contributed by atoms with Gasteiger partial charge in [0.1, 0.15) is 12.3 Å². The van der Waals surface area contributed by atoms with Crippen LogP contribution in [0.2, 0.25) is 0 Å². The fourth-order valence-electron chi connectivity index (χ4n) is 2.69. The maximum Gasteiger partial charge on any atom is 0.323 e. The van der Waals surface area contributed by atoms with Gasteiger partial charge in [-0.25, -0.2) is 0 Å². The zero-order valence-electron chi connectivity index (χ0n) is 13.1. The van der Waals surface area contributed by atoms with Crippen LogP contribution in [0.1, 0.15) is 17.2 Å². The number of hydrogen-bond donors (Lipinski definition) is 1. The molecule has 1 N–H and O–H groups in total. The molecule has 0 spiro atoms. The molecule has 1 atom stereocenters. The molecule has 0 saturated carbocycles. The summed E-state index contributed by atoms with van der Waals surface area (Å²) in [6, 6.07) is 15.0. The molecule has 1 aliphatic heterocycles. The minimum Gasteiger partial charge on any atom is -0.497 e. The number of hydrogen-bond acceptors (Lipinski definition) is 4. The van der Waals surface area contributed by atoms with Crippen LogP contribution in [-0.2, 0) is 9.59 Å². The number of thioether (sulfide) groups is 1. The summed E-state index contributed by atoms with van der Waals surface area (Å²) in [6.45, 7) is -0.328. The number of carbonyl (C=O) groups is 2. The Labute approximate surface area is 144 Å². The topological polar surface area (TPSA) is 66.8 Å². The van der Waals surface area contributed by atoms with Crippen LogP contribution < -0.4 is 9.64 Å². The van der Waals surface area contributed by atoms with Crippen molar-refractivity contribution in [2.45, 2.75) is 16.6 Å². The summed E-state index contributed by atoms with van der Waals surface area (Å²) in [5.74, 6) is -0.446. The highest BCUT2D eigenvalue weighted by molar-refractivity contribution is 7.99. The van der Waals surface area contributed by atoms with Crippen molar-refractivity contribution in [3.63, 3.8) is 0 Å². The monoisotopic (exact) mass is 343 g/mol. The first-order chi connectivity index (χ1) is 11.6. The van der Waals surface area contributed by atoms with Gasteiger partial charge >= 0.3 is 5.97 Å². The first kappa shape index (κ1) is 16.4. The first-order valence-corrected chi connectivity index (χ1v) is 8.38. The summed E-state index contributed by atoms with van der Waals surface area (Å²) in [5, 5.41) is 9.06. The molecule has 5 nitrogen and oxygen atoms in total. The number of carbonyl (C=O) groups excluding carboxylic acids is 1. The molecule has 3 rings (SSSR count). The molecule has 0 bridgehead atoms. The summed E-state index contributed by atoms with van der Waals surface area (Å²) in [5.41, 5.74) is 1.67. The number of aliphatic carboxylic acids is 1. The predicted octanol–water partition coefficient (Wildman–Crippen LogP) is 3.35. The standard InChI is InChI=1S/C18H17NO4S/c1-23-13-8-6-12(7-9-13)16-10-17(20)19(11-18(21)22)14-4-2-3-5-15(14)24-16/h2-9,16H,10-11H2,1H3,(H,21,22). The Balaban J connectivity index is 1.96. The van der Waals surface area contributed by atoms with E-state index in [2.05, 4.69) is 0 Å². The number of carboxylic acids is 1. The third kappa shape index (κ3) is 3.38. The minimum absolute atomic E-state index is 0.0663. The van der Waals surface area contributed by atoms with Crippen LogP contribution in [0, 0.1) is 0 Å². The van der Waals surface area contributed by atoms with Gasteiger partial charge in [-0.3, -0.25) is 9.59 Å². The Bertz CT molecular complexity index is 760. The number of amides is 1. The van der Waals surface area contributed by atoms with E-state index >= 15 is 0 Å². The maximum absolute atomic E-state index is 12.6. The van der Waals surface area contributed by atoms with Crippen molar-refractivity contribution in [3.05, 3.63) is 54.1 Å². The SMILES string of the molecule is COc1ccc(C2CC(=O)N(CC(=O)O)c3ccccc3S2)cc1. The highest BCUT2D eigenvalue weighted by Crippen LogP contribution is 2.45. The number of nitrogens with zero attached hydrogens (tertiary/aromatic N) is 1. The van der Waals surface area contributed by atoms with Gasteiger partial charge in [-0.15, -0.1) is 11.8 Å². The molecule has 1 amide bonds. The quantitative estimate of drug-likeness (QED) is 0.922. The minimum atomic E-state index is -1.02. The largest absolute Gasteiger partial charge is 0.497 e. The molecule has 1 heterocycles. The molecule has 6 heteroatoms. The second-order valence-electron chi connectivity index (χ2n) is 5.43. The number of fused-ring (bicyclic) bond motifs is 1. The van der Waals surface area contributed by atoms with Gasteiger partial charge in [-0.1, -0.05) is 24.3 Å².